The summed E-state index contributed by atoms with van der Waals surface area (Å²) in [6.07, 6.45) is 2.66. The smallest absolute Gasteiger partial charge is 0.271 e. The minimum Gasteiger partial charge on any atom is -0.427 e. The third-order valence-electron chi connectivity index (χ3n) is 2.55. The van der Waals surface area contributed by atoms with Crippen LogP contribution in [0.15, 0.2) is 29.3 Å². The van der Waals surface area contributed by atoms with Crippen molar-refractivity contribution in [2.45, 2.75) is 0 Å². The number of rotatable bonds is 2. The molecule has 0 radical (unpaired) electrons. The van der Waals surface area contributed by atoms with E-state index in [9.17, 15) is 14.8 Å². The number of pyridine rings is 1. The van der Waals surface area contributed by atoms with E-state index in [1.165, 1.54) is 22.9 Å². The van der Waals surface area contributed by atoms with Crippen LogP contribution >= 0.6 is 0 Å². The summed E-state index contributed by atoms with van der Waals surface area (Å²) < 4.78 is 1.78. The van der Waals surface area contributed by atoms with Crippen LogP contribution in [0, 0.1) is 5.41 Å². The van der Waals surface area contributed by atoms with Crippen LogP contribution in [0.25, 0.3) is 11.3 Å². The SMILES string of the molecule is Cn1cc(-c2cn(O)c(=N)c(C(N)=O)n2)ccc1=O. The fourth-order valence-corrected chi connectivity index (χ4v) is 1.55. The number of nitrogens with two attached hydrogens (primary N) is 1. The molecule has 4 N–H and O–H groups in total. The summed E-state index contributed by atoms with van der Waals surface area (Å²) in [4.78, 5) is 26.3. The number of aromatic nitrogens is 3. The number of amides is 1. The summed E-state index contributed by atoms with van der Waals surface area (Å²) in [5.41, 5.74) is 4.76. The van der Waals surface area contributed by atoms with Gasteiger partial charge in [0.15, 0.2) is 11.2 Å². The van der Waals surface area contributed by atoms with E-state index in [4.69, 9.17) is 11.1 Å². The summed E-state index contributed by atoms with van der Waals surface area (Å²) in [6, 6.07) is 2.83. The van der Waals surface area contributed by atoms with Crippen molar-refractivity contribution in [3.8, 4) is 11.3 Å². The van der Waals surface area contributed by atoms with Crippen molar-refractivity contribution in [1.82, 2.24) is 14.3 Å². The molecule has 0 aromatic carbocycles. The van der Waals surface area contributed by atoms with Gasteiger partial charge in [-0.15, -0.1) is 0 Å². The number of aryl methyl sites for hydroxylation is 1. The second-order valence-corrected chi connectivity index (χ2v) is 3.90. The van der Waals surface area contributed by atoms with Crippen molar-refractivity contribution in [2.75, 3.05) is 0 Å². The molecule has 0 spiro atoms. The highest BCUT2D eigenvalue weighted by atomic mass is 16.5. The molecule has 1 amide bonds. The molecule has 0 atom stereocenters. The standard InChI is InChI=1S/C11H11N5O3/c1-15-4-6(2-3-8(15)17)7-5-16(19)10(12)9(14-7)11(13)18/h2-5,12,19H,1H3,(H2,13,18). The lowest BCUT2D eigenvalue weighted by Gasteiger charge is -2.07. The van der Waals surface area contributed by atoms with Gasteiger partial charge in [0.2, 0.25) is 5.56 Å². The van der Waals surface area contributed by atoms with Crippen molar-refractivity contribution in [2.24, 2.45) is 12.8 Å². The van der Waals surface area contributed by atoms with Gasteiger partial charge in [-0.2, -0.15) is 4.73 Å². The third kappa shape index (κ3) is 2.23. The topological polar surface area (TPSA) is 127 Å². The number of carbonyl (C=O) groups excluding carboxylic acids is 1. The van der Waals surface area contributed by atoms with Gasteiger partial charge in [0.05, 0.1) is 11.9 Å². The Morgan fingerprint density at radius 1 is 1.42 bits per heavy atom. The summed E-state index contributed by atoms with van der Waals surface area (Å²) >= 11 is 0. The van der Waals surface area contributed by atoms with Gasteiger partial charge >= 0.3 is 0 Å². The van der Waals surface area contributed by atoms with Crippen LogP contribution in [0.1, 0.15) is 10.5 Å². The molecule has 0 aliphatic rings. The molecule has 0 saturated heterocycles. The third-order valence-corrected chi connectivity index (χ3v) is 2.55. The van der Waals surface area contributed by atoms with E-state index in [0.717, 1.165) is 6.20 Å². The van der Waals surface area contributed by atoms with E-state index in [1.807, 2.05) is 0 Å². The monoisotopic (exact) mass is 261 g/mol. The molecule has 0 saturated carbocycles. The van der Waals surface area contributed by atoms with Crippen molar-refractivity contribution < 1.29 is 10.0 Å². The predicted octanol–water partition coefficient (Wildman–Crippen LogP) is -0.936. The van der Waals surface area contributed by atoms with Crippen molar-refractivity contribution in [1.29, 1.82) is 5.41 Å². The molecule has 0 aliphatic carbocycles. The number of nitrogens with one attached hydrogen (secondary N) is 1. The van der Waals surface area contributed by atoms with E-state index in [2.05, 4.69) is 4.98 Å². The molecule has 0 fully saturated rings. The predicted molar refractivity (Wildman–Crippen MR) is 64.5 cm³/mol. The molecule has 0 bridgehead atoms. The van der Waals surface area contributed by atoms with Gasteiger partial charge in [0, 0.05) is 24.9 Å². The molecule has 0 aliphatic heterocycles. The highest BCUT2D eigenvalue weighted by Gasteiger charge is 2.12. The normalized spacial score (nSPS) is 10.4. The molecule has 2 heterocycles. The lowest BCUT2D eigenvalue weighted by Crippen LogP contribution is -2.30. The lowest BCUT2D eigenvalue weighted by molar-refractivity contribution is 0.0983. The maximum absolute atomic E-state index is 11.3. The summed E-state index contributed by atoms with van der Waals surface area (Å²) in [6.45, 7) is 0. The van der Waals surface area contributed by atoms with E-state index in [0.29, 0.717) is 10.3 Å². The van der Waals surface area contributed by atoms with Crippen LogP contribution in [0.2, 0.25) is 0 Å². The summed E-state index contributed by atoms with van der Waals surface area (Å²) in [7, 11) is 1.56. The van der Waals surface area contributed by atoms with Gasteiger partial charge in [0.25, 0.3) is 5.91 Å². The number of hydrogen-bond donors (Lipinski definition) is 3. The van der Waals surface area contributed by atoms with Crippen LogP contribution in [-0.4, -0.2) is 25.4 Å². The van der Waals surface area contributed by atoms with Crippen molar-refractivity contribution in [3.63, 3.8) is 0 Å². The Hall–Kier alpha value is -2.90. The molecule has 19 heavy (non-hydrogen) atoms. The first-order valence-electron chi connectivity index (χ1n) is 5.24. The zero-order valence-corrected chi connectivity index (χ0v) is 9.99. The Labute approximate surface area is 106 Å². The number of carbonyl (C=O) groups is 1. The van der Waals surface area contributed by atoms with Crippen molar-refractivity contribution in [3.05, 3.63) is 46.1 Å². The van der Waals surface area contributed by atoms with Crippen molar-refractivity contribution >= 4 is 5.91 Å². The largest absolute Gasteiger partial charge is 0.427 e. The second-order valence-electron chi connectivity index (χ2n) is 3.90. The first-order valence-corrected chi connectivity index (χ1v) is 5.24. The Balaban J connectivity index is 2.69. The fraction of sp³-hybridized carbons (Fsp3) is 0.0909. The molecule has 98 valence electrons. The molecule has 0 unspecified atom stereocenters. The first kappa shape index (κ1) is 12.6. The van der Waals surface area contributed by atoms with Crippen LogP contribution in [0.4, 0.5) is 0 Å². The lowest BCUT2D eigenvalue weighted by atomic mass is 10.2. The maximum atomic E-state index is 11.3. The Bertz CT molecular complexity index is 775. The summed E-state index contributed by atoms with van der Waals surface area (Å²) in [5, 5.41) is 17.0. The highest BCUT2D eigenvalue weighted by molar-refractivity contribution is 5.90. The quantitative estimate of drug-likeness (QED) is 0.603. The Kier molecular flexibility index (Phi) is 2.91. The van der Waals surface area contributed by atoms with E-state index in [1.54, 1.807) is 7.05 Å². The number of hydrogen-bond acceptors (Lipinski definition) is 5. The zero-order chi connectivity index (χ0) is 14.2. The number of primary amides is 1. The molecular formula is C11H11N5O3. The summed E-state index contributed by atoms with van der Waals surface area (Å²) in [5.74, 6) is -0.917. The zero-order valence-electron chi connectivity index (χ0n) is 9.99. The average molecular weight is 261 g/mol. The van der Waals surface area contributed by atoms with Gasteiger partial charge in [-0.3, -0.25) is 15.0 Å². The maximum Gasteiger partial charge on any atom is 0.271 e. The minimum atomic E-state index is -0.917. The minimum absolute atomic E-state index is 0.201. The van der Waals surface area contributed by atoms with E-state index in [-0.39, 0.29) is 16.9 Å². The van der Waals surface area contributed by atoms with Crippen LogP contribution in [0.5, 0.6) is 0 Å². The average Bonchev–Trinajstić information content (AvgIpc) is 2.35. The molecule has 2 aromatic heterocycles. The van der Waals surface area contributed by atoms with Gasteiger partial charge in [0.1, 0.15) is 0 Å². The Morgan fingerprint density at radius 3 is 2.68 bits per heavy atom. The van der Waals surface area contributed by atoms with Gasteiger partial charge < -0.3 is 15.5 Å². The van der Waals surface area contributed by atoms with Crippen LogP contribution in [-0.2, 0) is 7.05 Å². The fourth-order valence-electron chi connectivity index (χ4n) is 1.55. The molecular weight excluding hydrogens is 250 g/mol. The van der Waals surface area contributed by atoms with E-state index < -0.39 is 11.4 Å². The molecule has 8 heteroatoms. The number of nitrogens with zero attached hydrogens (tertiary/aromatic N) is 3. The Morgan fingerprint density at radius 2 is 2.11 bits per heavy atom. The molecule has 2 rings (SSSR count). The van der Waals surface area contributed by atoms with Gasteiger partial charge in [-0.05, 0) is 6.07 Å². The van der Waals surface area contributed by atoms with E-state index >= 15 is 0 Å². The molecule has 2 aromatic rings. The highest BCUT2D eigenvalue weighted by Crippen LogP contribution is 2.13. The van der Waals surface area contributed by atoms with Crippen LogP contribution in [0.3, 0.4) is 0 Å². The van der Waals surface area contributed by atoms with Gasteiger partial charge in [-0.1, -0.05) is 0 Å². The molecule has 8 nitrogen and oxygen atoms in total. The van der Waals surface area contributed by atoms with Crippen LogP contribution < -0.4 is 16.8 Å². The van der Waals surface area contributed by atoms with Gasteiger partial charge in [-0.25, -0.2) is 4.98 Å². The second kappa shape index (κ2) is 4.41. The first-order chi connectivity index (χ1) is 8.90.